The number of rotatable bonds is 6. The van der Waals surface area contributed by atoms with E-state index >= 15 is 0 Å². The van der Waals surface area contributed by atoms with Crippen molar-refractivity contribution >= 4 is 39.7 Å². The molecule has 1 aromatic carbocycles. The van der Waals surface area contributed by atoms with E-state index in [-0.39, 0.29) is 6.03 Å². The lowest BCUT2D eigenvalue weighted by atomic mass is 10.1. The molecular weight excluding hydrogens is 396 g/mol. The van der Waals surface area contributed by atoms with Crippen LogP contribution in [0.5, 0.6) is 0 Å². The third-order valence-corrected chi connectivity index (χ3v) is 5.89. The van der Waals surface area contributed by atoms with Gasteiger partial charge in [0.05, 0.1) is 17.9 Å². The largest absolute Gasteiger partial charge is 0.370 e. The number of urea groups is 1. The lowest BCUT2D eigenvalue weighted by Crippen LogP contribution is -2.31. The van der Waals surface area contributed by atoms with Crippen molar-refractivity contribution in [2.45, 2.75) is 32.7 Å². The van der Waals surface area contributed by atoms with E-state index in [4.69, 9.17) is 0 Å². The Kier molecular flexibility index (Phi) is 6.44. The number of aromatic nitrogens is 2. The Morgan fingerprint density at radius 3 is 2.77 bits per heavy atom. The maximum Gasteiger partial charge on any atom is 0.325 e. The van der Waals surface area contributed by atoms with Gasteiger partial charge in [0.1, 0.15) is 5.82 Å². The molecule has 3 N–H and O–H groups in total. The molecule has 1 aliphatic rings. The van der Waals surface area contributed by atoms with E-state index in [9.17, 15) is 4.79 Å². The van der Waals surface area contributed by atoms with Gasteiger partial charge in [0.15, 0.2) is 5.13 Å². The van der Waals surface area contributed by atoms with Crippen molar-refractivity contribution in [2.24, 2.45) is 0 Å². The molecule has 3 aromatic rings. The van der Waals surface area contributed by atoms with Gasteiger partial charge in [-0.3, -0.25) is 5.32 Å². The molecule has 0 spiro atoms. The van der Waals surface area contributed by atoms with Gasteiger partial charge in [-0.05, 0) is 56.0 Å². The van der Waals surface area contributed by atoms with Gasteiger partial charge in [-0.15, -0.1) is 0 Å². The second-order valence-corrected chi connectivity index (χ2v) is 8.46. The Hall–Kier alpha value is -3.13. The molecule has 30 heavy (non-hydrogen) atoms. The zero-order valence-electron chi connectivity index (χ0n) is 17.0. The monoisotopic (exact) mass is 422 g/mol. The number of hydrogen-bond acceptors (Lipinski definition) is 6. The summed E-state index contributed by atoms with van der Waals surface area (Å²) >= 11 is 1.44. The maximum absolute atomic E-state index is 12.6. The quantitative estimate of drug-likeness (QED) is 0.515. The number of pyridine rings is 1. The fraction of sp³-hybridized carbons (Fsp3) is 0.318. The van der Waals surface area contributed by atoms with Crippen molar-refractivity contribution in [3.8, 4) is 0 Å². The number of carbonyl (C=O) groups excluding carboxylic acids is 1. The molecule has 8 heteroatoms. The zero-order valence-corrected chi connectivity index (χ0v) is 17.8. The summed E-state index contributed by atoms with van der Waals surface area (Å²) in [6.45, 7) is 4.74. The maximum atomic E-state index is 12.6. The predicted molar refractivity (Wildman–Crippen MR) is 124 cm³/mol. The van der Waals surface area contributed by atoms with Gasteiger partial charge in [0, 0.05) is 30.4 Å². The highest BCUT2D eigenvalue weighted by atomic mass is 32.1. The van der Waals surface area contributed by atoms with Crippen LogP contribution in [0, 0.1) is 6.92 Å². The van der Waals surface area contributed by atoms with E-state index in [0.717, 1.165) is 35.2 Å². The molecule has 2 amide bonds. The number of carbonyl (C=O) groups is 1. The second kappa shape index (κ2) is 9.58. The Morgan fingerprint density at radius 1 is 1.10 bits per heavy atom. The van der Waals surface area contributed by atoms with Crippen molar-refractivity contribution in [3.63, 3.8) is 0 Å². The standard InChI is InChI=1S/C22H26N6OS/c1-16-8-9-18(19(13-16)28-11-5-2-6-12-28)26-21(29)27-22-25-15-17(30-22)14-24-20-7-3-4-10-23-20/h3-4,7-10,13,15H,2,5-6,11-12,14H2,1H3,(H,23,24)(H2,25,26,27,29). The fourth-order valence-electron chi connectivity index (χ4n) is 3.49. The molecule has 0 atom stereocenters. The molecule has 1 aliphatic heterocycles. The van der Waals surface area contributed by atoms with Gasteiger partial charge in [0.2, 0.25) is 0 Å². The lowest BCUT2D eigenvalue weighted by molar-refractivity contribution is 0.262. The highest BCUT2D eigenvalue weighted by molar-refractivity contribution is 7.15. The first kappa shape index (κ1) is 20.2. The Bertz CT molecular complexity index is 984. The van der Waals surface area contributed by atoms with E-state index in [2.05, 4.69) is 43.8 Å². The lowest BCUT2D eigenvalue weighted by Gasteiger charge is -2.30. The molecule has 4 rings (SSSR count). The minimum Gasteiger partial charge on any atom is -0.370 e. The molecule has 7 nitrogen and oxygen atoms in total. The van der Waals surface area contributed by atoms with E-state index < -0.39 is 0 Å². The van der Waals surface area contributed by atoms with Gasteiger partial charge < -0.3 is 15.5 Å². The summed E-state index contributed by atoms with van der Waals surface area (Å²) in [4.78, 5) is 24.5. The Labute approximate surface area is 180 Å². The zero-order chi connectivity index (χ0) is 20.8. The van der Waals surface area contributed by atoms with Crippen LogP contribution in [0.4, 0.5) is 27.1 Å². The molecule has 0 unspecified atom stereocenters. The van der Waals surface area contributed by atoms with Crippen molar-refractivity contribution in [2.75, 3.05) is 33.9 Å². The average Bonchev–Trinajstić information content (AvgIpc) is 3.22. The van der Waals surface area contributed by atoms with Crippen molar-refractivity contribution in [1.82, 2.24) is 9.97 Å². The number of hydrogen-bond donors (Lipinski definition) is 3. The van der Waals surface area contributed by atoms with Crippen LogP contribution < -0.4 is 20.9 Å². The number of anilines is 4. The number of benzene rings is 1. The number of piperidine rings is 1. The number of aryl methyl sites for hydroxylation is 1. The molecule has 1 fully saturated rings. The summed E-state index contributed by atoms with van der Waals surface area (Å²) in [5.41, 5.74) is 3.10. The second-order valence-electron chi connectivity index (χ2n) is 7.35. The summed E-state index contributed by atoms with van der Waals surface area (Å²) < 4.78 is 0. The van der Waals surface area contributed by atoms with Crippen LogP contribution in [0.15, 0.2) is 48.8 Å². The van der Waals surface area contributed by atoms with Crippen LogP contribution in [0.2, 0.25) is 0 Å². The van der Waals surface area contributed by atoms with Crippen LogP contribution in [0.1, 0.15) is 29.7 Å². The van der Waals surface area contributed by atoms with Crippen LogP contribution in [0.3, 0.4) is 0 Å². The number of nitrogens with zero attached hydrogens (tertiary/aromatic N) is 3. The van der Waals surface area contributed by atoms with E-state index in [1.54, 1.807) is 12.4 Å². The number of amides is 2. The molecule has 2 aromatic heterocycles. The van der Waals surface area contributed by atoms with Gasteiger partial charge in [-0.2, -0.15) is 0 Å². The molecule has 3 heterocycles. The van der Waals surface area contributed by atoms with Crippen LogP contribution in [-0.2, 0) is 6.54 Å². The Balaban J connectivity index is 1.36. The van der Waals surface area contributed by atoms with Crippen LogP contribution in [0.25, 0.3) is 0 Å². The summed E-state index contributed by atoms with van der Waals surface area (Å²) in [5.74, 6) is 0.808. The number of thiazole rings is 1. The highest BCUT2D eigenvalue weighted by Gasteiger charge is 2.16. The first-order valence-corrected chi connectivity index (χ1v) is 11.0. The third kappa shape index (κ3) is 5.27. The molecule has 0 bridgehead atoms. The Morgan fingerprint density at radius 2 is 1.97 bits per heavy atom. The van der Waals surface area contributed by atoms with Crippen LogP contribution in [-0.4, -0.2) is 29.1 Å². The summed E-state index contributed by atoms with van der Waals surface area (Å²) in [6, 6.07) is 11.6. The number of nitrogens with one attached hydrogen (secondary N) is 3. The van der Waals surface area contributed by atoms with Gasteiger partial charge >= 0.3 is 6.03 Å². The normalized spacial score (nSPS) is 13.7. The molecule has 0 radical (unpaired) electrons. The first-order chi connectivity index (χ1) is 14.7. The molecular formula is C22H26N6OS. The van der Waals surface area contributed by atoms with Gasteiger partial charge in [0.25, 0.3) is 0 Å². The van der Waals surface area contributed by atoms with E-state index in [1.807, 2.05) is 30.3 Å². The SMILES string of the molecule is Cc1ccc(NC(=O)Nc2ncc(CNc3ccccn3)s2)c(N2CCCCC2)c1. The fourth-order valence-corrected chi connectivity index (χ4v) is 4.23. The average molecular weight is 423 g/mol. The topological polar surface area (TPSA) is 82.2 Å². The van der Waals surface area contributed by atoms with Crippen molar-refractivity contribution in [1.29, 1.82) is 0 Å². The van der Waals surface area contributed by atoms with Gasteiger partial charge in [-0.25, -0.2) is 14.8 Å². The third-order valence-electron chi connectivity index (χ3n) is 4.98. The molecule has 156 valence electrons. The van der Waals surface area contributed by atoms with Crippen molar-refractivity contribution < 1.29 is 4.79 Å². The molecule has 0 aliphatic carbocycles. The first-order valence-electron chi connectivity index (χ1n) is 10.2. The molecule has 0 saturated carbocycles. The van der Waals surface area contributed by atoms with E-state index in [0.29, 0.717) is 11.7 Å². The van der Waals surface area contributed by atoms with Crippen LogP contribution >= 0.6 is 11.3 Å². The smallest absolute Gasteiger partial charge is 0.325 e. The predicted octanol–water partition coefficient (Wildman–Crippen LogP) is 5.09. The molecule has 1 saturated heterocycles. The van der Waals surface area contributed by atoms with E-state index in [1.165, 1.54) is 36.2 Å². The highest BCUT2D eigenvalue weighted by Crippen LogP contribution is 2.30. The minimum absolute atomic E-state index is 0.282. The summed E-state index contributed by atoms with van der Waals surface area (Å²) in [6.07, 6.45) is 7.16. The minimum atomic E-state index is -0.282. The summed E-state index contributed by atoms with van der Waals surface area (Å²) in [5, 5.41) is 9.66. The summed E-state index contributed by atoms with van der Waals surface area (Å²) in [7, 11) is 0. The van der Waals surface area contributed by atoms with Crippen molar-refractivity contribution in [3.05, 3.63) is 59.2 Å². The van der Waals surface area contributed by atoms with Gasteiger partial charge in [-0.1, -0.05) is 23.5 Å².